The molecule has 0 spiro atoms. The van der Waals surface area contributed by atoms with Crippen molar-refractivity contribution in [2.24, 2.45) is 11.8 Å². The summed E-state index contributed by atoms with van der Waals surface area (Å²) in [5, 5.41) is 81.9. The molecule has 254 valence electrons. The summed E-state index contributed by atoms with van der Waals surface area (Å²) in [5.41, 5.74) is -0.596. The number of ether oxygens (including phenoxy) is 7. The van der Waals surface area contributed by atoms with Gasteiger partial charge in [-0.1, -0.05) is 12.1 Å². The number of esters is 1. The molecular weight excluding hydrogens is 616 g/mol. The largest absolute Gasteiger partial charge is 0.508 e. The Morgan fingerprint density at radius 3 is 2.28 bits per heavy atom. The Hall–Kier alpha value is -2.71. The van der Waals surface area contributed by atoms with E-state index in [0.717, 1.165) is 6.08 Å². The number of fused-ring (bicyclic) bond motifs is 3. The van der Waals surface area contributed by atoms with E-state index in [1.807, 2.05) is 0 Å². The summed E-state index contributed by atoms with van der Waals surface area (Å²) in [6.07, 6.45) is -11.7. The Labute approximate surface area is 262 Å². The summed E-state index contributed by atoms with van der Waals surface area (Å²) >= 11 is 0. The minimum atomic E-state index is -1.70. The standard InChI is InChI=1S/C30H38O16/c1-12-24(43-17(34)7-4-13-2-5-14(33)6-3-13)21(37)23(39)28(41-12)44-25-15-8-9-40-27(18(15)30(11-32)26(25)46-30)45-29-22(38)20(36)19(35)16(10-31)42-29/h2-9,12,15-16,18-29,31-33,35-39H,10-11H2,1H3/b7-4+/t12-,15+,16+,18?,19+,20-,21-,22+,23+,24-,25-,26-,27-,28-,29-,30+/m0/s1. The molecule has 6 rings (SSSR count). The SMILES string of the molecule is C[C@@H]1O[C@@H](O[C@H]2[C@@H]3C=CO[C@@H](O[C@@H]4O[C@H](CO)[C@@H](O)[C@H](O)[C@H]4O)C3[C@@]3(CO)O[C@@H]23)[C@H](O)[C@H](O)[C@H]1OC(=O)/C=C/c1ccc(O)cc1. The topological polar surface area (TPSA) is 247 Å². The van der Waals surface area contributed by atoms with Crippen LogP contribution in [0.2, 0.25) is 0 Å². The lowest BCUT2D eigenvalue weighted by Crippen LogP contribution is -2.60. The van der Waals surface area contributed by atoms with Crippen LogP contribution < -0.4 is 0 Å². The van der Waals surface area contributed by atoms with Gasteiger partial charge in [0, 0.05) is 12.0 Å². The molecule has 0 bridgehead atoms. The molecule has 4 heterocycles. The van der Waals surface area contributed by atoms with Crippen LogP contribution in [0, 0.1) is 11.8 Å². The Balaban J connectivity index is 1.11. The molecule has 1 aromatic rings. The van der Waals surface area contributed by atoms with Crippen molar-refractivity contribution >= 4 is 12.0 Å². The van der Waals surface area contributed by atoms with Gasteiger partial charge in [-0.05, 0) is 36.8 Å². The van der Waals surface area contributed by atoms with Crippen LogP contribution in [0.15, 0.2) is 42.7 Å². The third kappa shape index (κ3) is 5.93. The second-order valence-electron chi connectivity index (χ2n) is 12.0. The van der Waals surface area contributed by atoms with Gasteiger partial charge in [0.2, 0.25) is 6.29 Å². The van der Waals surface area contributed by atoms with E-state index in [1.54, 1.807) is 18.2 Å². The van der Waals surface area contributed by atoms with E-state index in [-0.39, 0.29) is 5.75 Å². The molecule has 1 aromatic carbocycles. The van der Waals surface area contributed by atoms with E-state index in [2.05, 4.69) is 0 Å². The van der Waals surface area contributed by atoms with E-state index in [4.69, 9.17) is 33.2 Å². The molecule has 3 saturated heterocycles. The van der Waals surface area contributed by atoms with Gasteiger partial charge in [0.1, 0.15) is 54.1 Å². The van der Waals surface area contributed by atoms with Crippen LogP contribution in [0.3, 0.4) is 0 Å². The monoisotopic (exact) mass is 654 g/mol. The molecule has 1 aliphatic carbocycles. The van der Waals surface area contributed by atoms with Crippen molar-refractivity contribution in [1.82, 2.24) is 0 Å². The summed E-state index contributed by atoms with van der Waals surface area (Å²) in [6.45, 7) is 0.399. The molecular formula is C30H38O16. The highest BCUT2D eigenvalue weighted by Crippen LogP contribution is 2.61. The van der Waals surface area contributed by atoms with Gasteiger partial charge in [0.05, 0.1) is 37.6 Å². The van der Waals surface area contributed by atoms with E-state index in [0.29, 0.717) is 5.56 Å². The Kier molecular flexibility index (Phi) is 9.43. The van der Waals surface area contributed by atoms with Crippen LogP contribution in [-0.2, 0) is 38.0 Å². The van der Waals surface area contributed by atoms with Crippen molar-refractivity contribution in [3.63, 3.8) is 0 Å². The Morgan fingerprint density at radius 2 is 1.59 bits per heavy atom. The van der Waals surface area contributed by atoms with Gasteiger partial charge in [-0.25, -0.2) is 4.79 Å². The number of aliphatic hydroxyl groups excluding tert-OH is 7. The predicted octanol–water partition coefficient (Wildman–Crippen LogP) is -2.77. The summed E-state index contributed by atoms with van der Waals surface area (Å²) in [4.78, 5) is 12.5. The summed E-state index contributed by atoms with van der Waals surface area (Å²) < 4.78 is 40.3. The van der Waals surface area contributed by atoms with Crippen molar-refractivity contribution in [1.29, 1.82) is 0 Å². The fourth-order valence-corrected chi connectivity index (χ4v) is 6.67. The van der Waals surface area contributed by atoms with E-state index >= 15 is 0 Å². The van der Waals surface area contributed by atoms with Crippen molar-refractivity contribution < 1.29 is 78.8 Å². The average molecular weight is 655 g/mol. The Bertz CT molecular complexity index is 1290. The lowest BCUT2D eigenvalue weighted by molar-refractivity contribution is -0.347. The first-order valence-corrected chi connectivity index (χ1v) is 14.9. The number of carbonyl (C=O) groups excluding carboxylic acids is 1. The minimum Gasteiger partial charge on any atom is -0.508 e. The second-order valence-corrected chi connectivity index (χ2v) is 12.0. The van der Waals surface area contributed by atoms with Crippen LogP contribution in [0.25, 0.3) is 6.08 Å². The number of epoxide rings is 1. The predicted molar refractivity (Wildman–Crippen MR) is 149 cm³/mol. The zero-order valence-corrected chi connectivity index (χ0v) is 24.5. The highest BCUT2D eigenvalue weighted by atomic mass is 16.8. The van der Waals surface area contributed by atoms with Gasteiger partial charge < -0.3 is 74.0 Å². The third-order valence-corrected chi connectivity index (χ3v) is 9.22. The van der Waals surface area contributed by atoms with Gasteiger partial charge >= 0.3 is 5.97 Å². The zero-order chi connectivity index (χ0) is 32.9. The van der Waals surface area contributed by atoms with Gasteiger partial charge in [-0.15, -0.1) is 0 Å². The number of rotatable bonds is 9. The first kappa shape index (κ1) is 33.2. The van der Waals surface area contributed by atoms with Crippen LogP contribution >= 0.6 is 0 Å². The van der Waals surface area contributed by atoms with Crippen LogP contribution in [0.5, 0.6) is 5.75 Å². The molecule has 1 unspecified atom stereocenters. The van der Waals surface area contributed by atoms with Gasteiger partial charge in [-0.3, -0.25) is 0 Å². The van der Waals surface area contributed by atoms with Crippen molar-refractivity contribution in [3.8, 4) is 5.75 Å². The lowest BCUT2D eigenvalue weighted by atomic mass is 9.85. The summed E-state index contributed by atoms with van der Waals surface area (Å²) in [6, 6.07) is 6.09. The molecule has 16 nitrogen and oxygen atoms in total. The fraction of sp³-hybridized carbons (Fsp3) is 0.633. The number of hydrogen-bond donors (Lipinski definition) is 8. The summed E-state index contributed by atoms with van der Waals surface area (Å²) in [7, 11) is 0. The maximum Gasteiger partial charge on any atom is 0.331 e. The van der Waals surface area contributed by atoms with Gasteiger partial charge in [0.25, 0.3) is 0 Å². The molecule has 16 heteroatoms. The quantitative estimate of drug-likeness (QED) is 0.0763. The number of aliphatic hydroxyl groups is 7. The summed E-state index contributed by atoms with van der Waals surface area (Å²) in [5.74, 6) is -2.03. The maximum atomic E-state index is 12.5. The molecule has 0 amide bonds. The van der Waals surface area contributed by atoms with Crippen LogP contribution in [-0.4, -0.2) is 146 Å². The van der Waals surface area contributed by atoms with E-state index in [9.17, 15) is 45.6 Å². The number of phenolic OH excluding ortho intramolecular Hbond substituents is 1. The number of hydrogen-bond acceptors (Lipinski definition) is 16. The highest BCUT2D eigenvalue weighted by Gasteiger charge is 2.77. The molecule has 4 aliphatic heterocycles. The third-order valence-electron chi connectivity index (χ3n) is 9.22. The van der Waals surface area contributed by atoms with Crippen molar-refractivity contribution in [2.75, 3.05) is 13.2 Å². The van der Waals surface area contributed by atoms with Crippen LogP contribution in [0.4, 0.5) is 0 Å². The molecule has 0 aromatic heterocycles. The Morgan fingerprint density at radius 1 is 0.891 bits per heavy atom. The van der Waals surface area contributed by atoms with Gasteiger partial charge in [0.15, 0.2) is 18.7 Å². The fourth-order valence-electron chi connectivity index (χ4n) is 6.67. The molecule has 1 saturated carbocycles. The molecule has 0 radical (unpaired) electrons. The maximum absolute atomic E-state index is 12.5. The highest BCUT2D eigenvalue weighted by molar-refractivity contribution is 5.87. The number of aromatic hydroxyl groups is 1. The van der Waals surface area contributed by atoms with Gasteiger partial charge in [-0.2, -0.15) is 0 Å². The second kappa shape index (κ2) is 13.1. The minimum absolute atomic E-state index is 0.0688. The lowest BCUT2D eigenvalue weighted by Gasteiger charge is -2.44. The first-order valence-electron chi connectivity index (χ1n) is 14.9. The number of carbonyl (C=O) groups is 1. The average Bonchev–Trinajstić information content (AvgIpc) is 3.72. The smallest absolute Gasteiger partial charge is 0.331 e. The van der Waals surface area contributed by atoms with Crippen molar-refractivity contribution in [2.45, 2.75) is 92.4 Å². The van der Waals surface area contributed by atoms with E-state index < -0.39 is 117 Å². The van der Waals surface area contributed by atoms with Crippen molar-refractivity contribution in [3.05, 3.63) is 48.2 Å². The molecule has 8 N–H and O–H groups in total. The van der Waals surface area contributed by atoms with Crippen LogP contribution in [0.1, 0.15) is 12.5 Å². The van der Waals surface area contributed by atoms with E-state index in [1.165, 1.54) is 31.4 Å². The first-order chi connectivity index (χ1) is 22.0. The number of phenols is 1. The molecule has 16 atom stereocenters. The zero-order valence-electron chi connectivity index (χ0n) is 24.5. The normalized spacial score (nSPS) is 46.4. The molecule has 5 aliphatic rings. The molecule has 4 fully saturated rings. The molecule has 46 heavy (non-hydrogen) atoms. The number of benzene rings is 1.